The monoisotopic (exact) mass is 301 g/mol. The van der Waals surface area contributed by atoms with Crippen LogP contribution in [0.25, 0.3) is 0 Å². The maximum atomic E-state index is 11.8. The van der Waals surface area contributed by atoms with Crippen molar-refractivity contribution in [1.29, 1.82) is 0 Å². The number of fused-ring (bicyclic) bond motifs is 5. The highest BCUT2D eigenvalue weighted by Gasteiger charge is 2.41. The first-order valence-corrected chi connectivity index (χ1v) is 8.46. The lowest BCUT2D eigenvalue weighted by Crippen LogP contribution is -2.47. The van der Waals surface area contributed by atoms with Gasteiger partial charge in [0.05, 0.1) is 0 Å². The van der Waals surface area contributed by atoms with Crippen LogP contribution in [0.15, 0.2) is 12.1 Å². The third-order valence-corrected chi connectivity index (χ3v) is 6.05. The van der Waals surface area contributed by atoms with E-state index in [0.29, 0.717) is 24.5 Å². The van der Waals surface area contributed by atoms with Gasteiger partial charge < -0.3 is 9.47 Å². The molecule has 4 heteroatoms. The van der Waals surface area contributed by atoms with Crippen molar-refractivity contribution in [2.24, 2.45) is 11.8 Å². The highest BCUT2D eigenvalue weighted by atomic mass is 16.7. The summed E-state index contributed by atoms with van der Waals surface area (Å²) in [5.41, 5.74) is 2.82. The van der Waals surface area contributed by atoms with E-state index in [-0.39, 0.29) is 0 Å². The second kappa shape index (κ2) is 4.72. The first-order valence-electron chi connectivity index (χ1n) is 8.46. The Hall–Kier alpha value is -1.55. The molecule has 3 aliphatic heterocycles. The summed E-state index contributed by atoms with van der Waals surface area (Å²) >= 11 is 0. The average molecular weight is 301 g/mol. The fraction of sp³-hybridized carbons (Fsp3) is 0.611. The van der Waals surface area contributed by atoms with Gasteiger partial charge in [-0.1, -0.05) is 0 Å². The Morgan fingerprint density at radius 1 is 1.18 bits per heavy atom. The van der Waals surface area contributed by atoms with E-state index in [1.165, 1.54) is 11.1 Å². The number of nitrogens with zero attached hydrogens (tertiary/aromatic N) is 1. The van der Waals surface area contributed by atoms with E-state index in [9.17, 15) is 4.79 Å². The maximum Gasteiger partial charge on any atom is 0.231 e. The van der Waals surface area contributed by atoms with Gasteiger partial charge in [-0.3, -0.25) is 9.69 Å². The summed E-state index contributed by atoms with van der Waals surface area (Å²) in [5.74, 6) is 3.57. The molecular weight excluding hydrogens is 280 g/mol. The van der Waals surface area contributed by atoms with Crippen LogP contribution in [0.4, 0.5) is 0 Å². The lowest BCUT2D eigenvalue weighted by Gasteiger charge is -2.48. The molecule has 22 heavy (non-hydrogen) atoms. The zero-order chi connectivity index (χ0) is 14.7. The van der Waals surface area contributed by atoms with Crippen LogP contribution in [0.3, 0.4) is 0 Å². The number of piperidine rings is 1. The number of rotatable bonds is 0. The molecular formula is C18H21NO3. The predicted octanol–water partition coefficient (Wildman–Crippen LogP) is 2.70. The fourth-order valence-corrected chi connectivity index (χ4v) is 4.89. The topological polar surface area (TPSA) is 38.8 Å². The average Bonchev–Trinajstić information content (AvgIpc) is 2.98. The molecule has 1 aromatic carbocycles. The van der Waals surface area contributed by atoms with Gasteiger partial charge in [0.25, 0.3) is 0 Å². The number of carbonyl (C=O) groups is 1. The molecule has 3 heterocycles. The molecule has 0 aromatic heterocycles. The smallest absolute Gasteiger partial charge is 0.231 e. The van der Waals surface area contributed by atoms with Crippen LogP contribution in [0.5, 0.6) is 11.5 Å². The largest absolute Gasteiger partial charge is 0.454 e. The minimum Gasteiger partial charge on any atom is -0.454 e. The molecule has 5 rings (SSSR count). The van der Waals surface area contributed by atoms with Gasteiger partial charge in [-0.15, -0.1) is 0 Å². The van der Waals surface area contributed by atoms with Gasteiger partial charge in [0, 0.05) is 32.0 Å². The van der Waals surface area contributed by atoms with Gasteiger partial charge in [-0.05, 0) is 54.4 Å². The van der Waals surface area contributed by atoms with E-state index < -0.39 is 0 Å². The molecule has 0 spiro atoms. The van der Waals surface area contributed by atoms with E-state index in [1.54, 1.807) is 0 Å². The summed E-state index contributed by atoms with van der Waals surface area (Å²) in [6, 6.07) is 4.83. The van der Waals surface area contributed by atoms with Crippen molar-refractivity contribution in [2.45, 2.75) is 38.1 Å². The first-order chi connectivity index (χ1) is 10.8. The lowest BCUT2D eigenvalue weighted by atomic mass is 9.74. The molecule has 1 saturated heterocycles. The van der Waals surface area contributed by atoms with E-state index >= 15 is 0 Å². The number of ether oxygens (including phenoxy) is 2. The van der Waals surface area contributed by atoms with E-state index in [4.69, 9.17) is 9.47 Å². The highest BCUT2D eigenvalue weighted by Crippen LogP contribution is 2.48. The van der Waals surface area contributed by atoms with Crippen LogP contribution in [0, 0.1) is 11.8 Å². The Bertz CT molecular complexity index is 641. The van der Waals surface area contributed by atoms with Crippen molar-refractivity contribution in [3.63, 3.8) is 0 Å². The summed E-state index contributed by atoms with van der Waals surface area (Å²) in [5, 5.41) is 0. The quantitative estimate of drug-likeness (QED) is 0.738. The molecule has 3 atom stereocenters. The molecule has 0 amide bonds. The minimum atomic E-state index is 0.339. The predicted molar refractivity (Wildman–Crippen MR) is 81.0 cm³/mol. The third kappa shape index (κ3) is 1.89. The number of hydrogen-bond donors (Lipinski definition) is 0. The van der Waals surface area contributed by atoms with Crippen molar-refractivity contribution in [3.05, 3.63) is 23.3 Å². The van der Waals surface area contributed by atoms with Gasteiger partial charge in [0.1, 0.15) is 5.78 Å². The van der Waals surface area contributed by atoms with E-state index in [0.717, 1.165) is 62.6 Å². The normalized spacial score (nSPS) is 33.1. The highest BCUT2D eigenvalue weighted by molar-refractivity contribution is 5.79. The third-order valence-electron chi connectivity index (χ3n) is 6.05. The van der Waals surface area contributed by atoms with Crippen LogP contribution in [-0.2, 0) is 11.2 Å². The Morgan fingerprint density at radius 3 is 2.95 bits per heavy atom. The molecule has 1 aliphatic carbocycles. The molecule has 116 valence electrons. The summed E-state index contributed by atoms with van der Waals surface area (Å²) in [6.07, 6.45) is 4.92. The molecule has 2 fully saturated rings. The van der Waals surface area contributed by atoms with Gasteiger partial charge in [-0.2, -0.15) is 0 Å². The molecule has 4 aliphatic rings. The van der Waals surface area contributed by atoms with Crippen LogP contribution < -0.4 is 9.47 Å². The van der Waals surface area contributed by atoms with Crippen molar-refractivity contribution >= 4 is 5.78 Å². The minimum absolute atomic E-state index is 0.339. The zero-order valence-electron chi connectivity index (χ0n) is 12.7. The molecule has 0 bridgehead atoms. The molecule has 4 nitrogen and oxygen atoms in total. The Balaban J connectivity index is 1.49. The van der Waals surface area contributed by atoms with Gasteiger partial charge >= 0.3 is 0 Å². The van der Waals surface area contributed by atoms with Gasteiger partial charge in [0.2, 0.25) is 6.79 Å². The number of ketones is 1. The second-order valence-electron chi connectivity index (χ2n) is 7.20. The molecule has 0 radical (unpaired) electrons. The zero-order valence-corrected chi connectivity index (χ0v) is 12.7. The summed E-state index contributed by atoms with van der Waals surface area (Å²) in [6.45, 7) is 2.64. The number of Topliss-reactive ketones (excluding diaryl/α,β-unsaturated/α-hetero) is 1. The summed E-state index contributed by atoms with van der Waals surface area (Å²) in [7, 11) is 0. The van der Waals surface area contributed by atoms with Crippen LogP contribution in [0.1, 0.15) is 42.9 Å². The summed E-state index contributed by atoms with van der Waals surface area (Å²) in [4.78, 5) is 14.5. The van der Waals surface area contributed by atoms with Gasteiger partial charge in [0.15, 0.2) is 11.5 Å². The lowest BCUT2D eigenvalue weighted by molar-refractivity contribution is -0.124. The maximum absolute atomic E-state index is 11.8. The second-order valence-corrected chi connectivity index (χ2v) is 7.20. The SMILES string of the molecule is O=[14C]1CC[C@@H]2CN3CCc4cc5c(cc4[C@@H]3C[C@@H]2C1)OCO5. The first kappa shape index (κ1) is 12.9. The number of hydrogen-bond acceptors (Lipinski definition) is 4. The van der Waals surface area contributed by atoms with Crippen molar-refractivity contribution in [1.82, 2.24) is 4.90 Å². The molecule has 1 saturated carbocycles. The Labute approximate surface area is 130 Å². The number of benzene rings is 1. The molecule has 0 N–H and O–H groups in total. The molecule has 0 unspecified atom stereocenters. The van der Waals surface area contributed by atoms with E-state index in [2.05, 4.69) is 17.0 Å². The van der Waals surface area contributed by atoms with E-state index in [1.807, 2.05) is 0 Å². The van der Waals surface area contributed by atoms with Crippen LogP contribution in [0.2, 0.25) is 0 Å². The van der Waals surface area contributed by atoms with Crippen molar-refractivity contribution in [3.8, 4) is 11.5 Å². The van der Waals surface area contributed by atoms with Crippen molar-refractivity contribution < 1.29 is 14.3 Å². The Kier molecular flexibility index (Phi) is 2.78. The fourth-order valence-electron chi connectivity index (χ4n) is 4.89. The standard InChI is InChI=1S/C18H21NO3/c20-14-2-1-12-9-19-4-3-11-7-17-18(22-10-21-17)8-15(11)16(19)6-13(12)5-14/h7-8,12-13,16H,1-6,9-10H2/t12-,13+,16+/m1/s1/i14+2. The summed E-state index contributed by atoms with van der Waals surface area (Å²) < 4.78 is 11.1. The van der Waals surface area contributed by atoms with Crippen LogP contribution in [-0.4, -0.2) is 30.6 Å². The molecule has 1 aromatic rings. The van der Waals surface area contributed by atoms with Crippen molar-refractivity contribution in [2.75, 3.05) is 19.9 Å². The Morgan fingerprint density at radius 2 is 2.05 bits per heavy atom. The number of carbonyl (C=O) groups excluding carboxylic acids is 1. The van der Waals surface area contributed by atoms with Crippen LogP contribution >= 0.6 is 0 Å². The van der Waals surface area contributed by atoms with Gasteiger partial charge in [-0.25, -0.2) is 0 Å².